The Morgan fingerprint density at radius 3 is 2.47 bits per heavy atom. The minimum atomic E-state index is -4.58. The molecule has 0 aliphatic carbocycles. The molecule has 0 atom stereocenters. The van der Waals surface area contributed by atoms with E-state index in [4.69, 9.17) is 4.74 Å². The van der Waals surface area contributed by atoms with E-state index in [0.717, 1.165) is 12.6 Å². The zero-order valence-corrected chi connectivity index (χ0v) is 20.5. The number of hydrogen-bond donors (Lipinski definition) is 2. The molecule has 0 saturated carbocycles. The van der Waals surface area contributed by atoms with Crippen molar-refractivity contribution >= 4 is 21.8 Å². The number of alkyl halides is 3. The van der Waals surface area contributed by atoms with E-state index < -0.39 is 22.5 Å². The maximum atomic E-state index is 13.5. The van der Waals surface area contributed by atoms with Crippen molar-refractivity contribution in [3.05, 3.63) is 41.3 Å². The number of hydrogen-bond acceptors (Lipinski definition) is 6. The second-order valence-electron chi connectivity index (χ2n) is 7.96. The first-order chi connectivity index (χ1) is 16.0. The highest BCUT2D eigenvalue weighted by Gasteiger charge is 2.35. The Kier molecular flexibility index (Phi) is 9.58. The third-order valence-electron chi connectivity index (χ3n) is 4.35. The molecule has 0 aliphatic rings. The van der Waals surface area contributed by atoms with Crippen LogP contribution in [0.1, 0.15) is 37.9 Å². The molecule has 2 aromatic heterocycles. The van der Waals surface area contributed by atoms with E-state index in [1.165, 1.54) is 12.1 Å². The van der Waals surface area contributed by atoms with E-state index in [1.807, 2.05) is 6.07 Å². The van der Waals surface area contributed by atoms with Crippen molar-refractivity contribution in [3.63, 3.8) is 0 Å². The molecule has 7 nitrogen and oxygen atoms in total. The molecule has 0 saturated heterocycles. The molecule has 2 heterocycles. The normalized spacial score (nSPS) is 11.4. The van der Waals surface area contributed by atoms with Gasteiger partial charge in [0.25, 0.3) is 0 Å². The topological polar surface area (TPSA) is 104 Å². The number of ether oxygens (including phenoxy) is 1. The molecule has 0 bridgehead atoms. The van der Waals surface area contributed by atoms with Gasteiger partial charge in [-0.15, -0.1) is 0 Å². The van der Waals surface area contributed by atoms with Gasteiger partial charge in [-0.3, -0.25) is 4.21 Å². The van der Waals surface area contributed by atoms with Gasteiger partial charge in [0, 0.05) is 28.9 Å². The number of aromatic nitrogens is 3. The van der Waals surface area contributed by atoms with Crippen molar-refractivity contribution < 1.29 is 22.1 Å². The fourth-order valence-electron chi connectivity index (χ4n) is 3.05. The maximum Gasteiger partial charge on any atom is 0.419 e. The number of nitrogens with zero attached hydrogens (tertiary/aromatic N) is 3. The van der Waals surface area contributed by atoms with Crippen LogP contribution < -0.4 is 10.1 Å². The van der Waals surface area contributed by atoms with Crippen LogP contribution in [0.25, 0.3) is 22.3 Å². The van der Waals surface area contributed by atoms with Crippen molar-refractivity contribution in [1.82, 2.24) is 20.3 Å². The van der Waals surface area contributed by atoms with Crippen molar-refractivity contribution in [2.24, 2.45) is 5.92 Å². The lowest BCUT2D eigenvalue weighted by molar-refractivity contribution is -0.138. The number of benzene rings is 1. The summed E-state index contributed by atoms with van der Waals surface area (Å²) in [5, 5.41) is 12.7. The van der Waals surface area contributed by atoms with Crippen LogP contribution in [0.4, 0.5) is 13.2 Å². The zero-order chi connectivity index (χ0) is 25.5. The first-order valence-corrected chi connectivity index (χ1v) is 12.5. The molecule has 184 valence electrons. The molecule has 0 fully saturated rings. The fourth-order valence-corrected chi connectivity index (χ4v) is 3.05. The third kappa shape index (κ3) is 7.53. The molecule has 34 heavy (non-hydrogen) atoms. The van der Waals surface area contributed by atoms with Crippen LogP contribution in [0.5, 0.6) is 5.75 Å². The SMILES string of the molecule is CCOc1ccc(-c2cc3[nH]c(CNCC(C)C)nc3c(C#N)n2)cc1C(F)(F)F.CS(C)=O. The molecule has 0 spiro atoms. The number of pyridine rings is 1. The summed E-state index contributed by atoms with van der Waals surface area (Å²) in [4.78, 5) is 11.8. The van der Waals surface area contributed by atoms with Crippen LogP contribution in [0.3, 0.4) is 0 Å². The van der Waals surface area contributed by atoms with Crippen LogP contribution in [0.15, 0.2) is 24.3 Å². The van der Waals surface area contributed by atoms with Gasteiger partial charge in [-0.25, -0.2) is 9.97 Å². The summed E-state index contributed by atoms with van der Waals surface area (Å²) in [5.74, 6) is 0.860. The number of H-pyrrole nitrogens is 1. The van der Waals surface area contributed by atoms with Crippen molar-refractivity contribution in [2.45, 2.75) is 33.5 Å². The summed E-state index contributed by atoms with van der Waals surface area (Å²) in [6.45, 7) is 7.19. The Morgan fingerprint density at radius 2 is 1.91 bits per heavy atom. The van der Waals surface area contributed by atoms with Crippen molar-refractivity contribution in [3.8, 4) is 23.1 Å². The summed E-state index contributed by atoms with van der Waals surface area (Å²) in [6.07, 6.45) is -1.30. The highest BCUT2D eigenvalue weighted by molar-refractivity contribution is 7.83. The Bertz CT molecular complexity index is 1180. The van der Waals surface area contributed by atoms with Crippen LogP contribution in [0, 0.1) is 17.2 Å². The van der Waals surface area contributed by atoms with E-state index in [-0.39, 0.29) is 29.3 Å². The molecular weight excluding hydrogens is 467 g/mol. The van der Waals surface area contributed by atoms with E-state index in [2.05, 4.69) is 34.1 Å². The van der Waals surface area contributed by atoms with Gasteiger partial charge < -0.3 is 15.0 Å². The minimum absolute atomic E-state index is 0.0521. The van der Waals surface area contributed by atoms with E-state index in [9.17, 15) is 22.6 Å². The van der Waals surface area contributed by atoms with Crippen LogP contribution in [-0.2, 0) is 23.5 Å². The smallest absolute Gasteiger partial charge is 0.419 e. The molecule has 2 N–H and O–H groups in total. The molecule has 0 unspecified atom stereocenters. The first kappa shape index (κ1) is 27.3. The Hall–Kier alpha value is -2.97. The Labute approximate surface area is 199 Å². The highest BCUT2D eigenvalue weighted by Crippen LogP contribution is 2.39. The number of halogens is 3. The van der Waals surface area contributed by atoms with Gasteiger partial charge in [0.15, 0.2) is 5.69 Å². The number of nitriles is 1. The fraction of sp³-hybridized carbons (Fsp3) is 0.435. The summed E-state index contributed by atoms with van der Waals surface area (Å²) in [7, 11) is -0.611. The van der Waals surface area contributed by atoms with Gasteiger partial charge in [-0.05, 0) is 43.7 Å². The van der Waals surface area contributed by atoms with Gasteiger partial charge in [0.05, 0.1) is 29.9 Å². The number of nitrogens with one attached hydrogen (secondary N) is 2. The monoisotopic (exact) mass is 495 g/mol. The molecular formula is C23H28F3N5O2S. The second-order valence-corrected chi connectivity index (χ2v) is 9.44. The van der Waals surface area contributed by atoms with E-state index >= 15 is 0 Å². The molecule has 3 aromatic rings. The second kappa shape index (κ2) is 11.9. The van der Waals surface area contributed by atoms with Gasteiger partial charge in [-0.2, -0.15) is 18.4 Å². The predicted octanol–water partition coefficient (Wildman–Crippen LogP) is 4.65. The molecule has 1 aromatic carbocycles. The average molecular weight is 496 g/mol. The first-order valence-electron chi connectivity index (χ1n) is 10.6. The number of imidazole rings is 1. The van der Waals surface area contributed by atoms with Gasteiger partial charge in [0.2, 0.25) is 0 Å². The number of fused-ring (bicyclic) bond motifs is 1. The molecule has 11 heteroatoms. The lowest BCUT2D eigenvalue weighted by Crippen LogP contribution is -2.19. The quantitative estimate of drug-likeness (QED) is 0.494. The van der Waals surface area contributed by atoms with Crippen LogP contribution in [-0.4, -0.2) is 44.8 Å². The maximum absolute atomic E-state index is 13.5. The van der Waals surface area contributed by atoms with E-state index in [1.54, 1.807) is 25.5 Å². The highest BCUT2D eigenvalue weighted by atomic mass is 32.2. The third-order valence-corrected chi connectivity index (χ3v) is 4.35. The van der Waals surface area contributed by atoms with Gasteiger partial charge in [0.1, 0.15) is 23.2 Å². The lowest BCUT2D eigenvalue weighted by Gasteiger charge is -2.14. The minimum Gasteiger partial charge on any atom is -0.493 e. The summed E-state index contributed by atoms with van der Waals surface area (Å²) in [6, 6.07) is 7.34. The molecule has 0 aliphatic heterocycles. The standard InChI is InChI=1S/C21H22F3N5O.C2H6OS/c1-4-30-18-6-5-13(7-14(18)21(22,23)24)15-8-16-20(17(9-25)27-15)29-19(28-16)11-26-10-12(2)3;1-4(2)3/h5-8,12,26H,4,10-11H2,1-3H3,(H,28,29);1-2H3. The zero-order valence-electron chi connectivity index (χ0n) is 19.7. The van der Waals surface area contributed by atoms with Crippen LogP contribution in [0.2, 0.25) is 0 Å². The lowest BCUT2D eigenvalue weighted by atomic mass is 10.1. The molecule has 3 rings (SSSR count). The molecule has 0 amide bonds. The van der Waals surface area contributed by atoms with Gasteiger partial charge in [-0.1, -0.05) is 13.8 Å². The average Bonchev–Trinajstić information content (AvgIpc) is 3.15. The summed E-state index contributed by atoms with van der Waals surface area (Å²) < 4.78 is 55.1. The Balaban J connectivity index is 0.000000945. The predicted molar refractivity (Wildman–Crippen MR) is 127 cm³/mol. The number of rotatable bonds is 7. The summed E-state index contributed by atoms with van der Waals surface area (Å²) in [5.41, 5.74) is 0.586. The number of aromatic amines is 1. The largest absolute Gasteiger partial charge is 0.493 e. The van der Waals surface area contributed by atoms with Crippen LogP contribution >= 0.6 is 0 Å². The van der Waals surface area contributed by atoms with E-state index in [0.29, 0.717) is 29.3 Å². The van der Waals surface area contributed by atoms with Gasteiger partial charge >= 0.3 is 6.18 Å². The summed E-state index contributed by atoms with van der Waals surface area (Å²) >= 11 is 0. The van der Waals surface area contributed by atoms with Crippen molar-refractivity contribution in [2.75, 3.05) is 25.7 Å². The van der Waals surface area contributed by atoms with Crippen molar-refractivity contribution in [1.29, 1.82) is 5.26 Å². The molecule has 0 radical (unpaired) electrons. The Morgan fingerprint density at radius 1 is 1.24 bits per heavy atom.